The first kappa shape index (κ1) is 17.5. The van der Waals surface area contributed by atoms with Crippen molar-refractivity contribution in [2.75, 3.05) is 5.32 Å². The predicted molar refractivity (Wildman–Crippen MR) is 98.1 cm³/mol. The smallest absolute Gasteiger partial charge is 0.270 e. The fourth-order valence-corrected chi connectivity index (χ4v) is 4.18. The SMILES string of the molecule is CC(C)(C)[C@@H]1CCc2nc(NC(=O)c3cccc([N+](=O)[O-])c3)sc2C1. The summed E-state index contributed by atoms with van der Waals surface area (Å²) in [6.45, 7) is 6.78. The molecule has 7 heteroatoms. The van der Waals surface area contributed by atoms with E-state index in [1.165, 1.54) is 34.4 Å². The Kier molecular flexibility index (Phi) is 4.60. The Bertz CT molecular complexity index is 823. The van der Waals surface area contributed by atoms with Gasteiger partial charge in [0.1, 0.15) is 0 Å². The largest absolute Gasteiger partial charge is 0.298 e. The van der Waals surface area contributed by atoms with E-state index in [1.54, 1.807) is 6.07 Å². The summed E-state index contributed by atoms with van der Waals surface area (Å²) in [5.74, 6) is 0.239. The third-order valence-electron chi connectivity index (χ3n) is 4.70. The minimum Gasteiger partial charge on any atom is -0.298 e. The Balaban J connectivity index is 1.75. The van der Waals surface area contributed by atoms with Gasteiger partial charge in [0.05, 0.1) is 10.6 Å². The number of amides is 1. The molecule has 0 unspecified atom stereocenters. The van der Waals surface area contributed by atoms with E-state index in [0.29, 0.717) is 11.0 Å². The Labute approximate surface area is 150 Å². The molecule has 0 radical (unpaired) electrons. The zero-order chi connectivity index (χ0) is 18.2. The maximum absolute atomic E-state index is 12.4. The molecule has 2 aromatic rings. The normalized spacial score (nSPS) is 17.0. The van der Waals surface area contributed by atoms with Crippen LogP contribution in [0.5, 0.6) is 0 Å². The number of nitro benzene ring substituents is 1. The number of nitrogens with zero attached hydrogens (tertiary/aromatic N) is 2. The first-order valence-corrected chi connectivity index (χ1v) is 9.10. The van der Waals surface area contributed by atoms with Crippen molar-refractivity contribution in [3.63, 3.8) is 0 Å². The van der Waals surface area contributed by atoms with Crippen molar-refractivity contribution in [1.82, 2.24) is 4.98 Å². The van der Waals surface area contributed by atoms with Crippen molar-refractivity contribution in [1.29, 1.82) is 0 Å². The number of carbonyl (C=O) groups excluding carboxylic acids is 1. The number of nitro groups is 1. The first-order chi connectivity index (χ1) is 11.7. The molecule has 0 saturated carbocycles. The van der Waals surface area contributed by atoms with E-state index >= 15 is 0 Å². The lowest BCUT2D eigenvalue weighted by atomic mass is 9.73. The van der Waals surface area contributed by atoms with Crippen LogP contribution in [0.2, 0.25) is 0 Å². The van der Waals surface area contributed by atoms with Gasteiger partial charge in [0.15, 0.2) is 5.13 Å². The van der Waals surface area contributed by atoms with Crippen LogP contribution < -0.4 is 5.32 Å². The van der Waals surface area contributed by atoms with Gasteiger partial charge in [-0.3, -0.25) is 20.2 Å². The van der Waals surface area contributed by atoms with Gasteiger partial charge >= 0.3 is 0 Å². The Morgan fingerprint density at radius 2 is 2.16 bits per heavy atom. The molecule has 3 rings (SSSR count). The molecule has 1 aromatic heterocycles. The molecule has 1 heterocycles. The van der Waals surface area contributed by atoms with Crippen molar-refractivity contribution >= 4 is 28.1 Å². The minimum absolute atomic E-state index is 0.0981. The molecule has 1 aromatic carbocycles. The number of hydrogen-bond donors (Lipinski definition) is 1. The first-order valence-electron chi connectivity index (χ1n) is 8.28. The van der Waals surface area contributed by atoms with Crippen LogP contribution in [0.1, 0.15) is 48.1 Å². The maximum Gasteiger partial charge on any atom is 0.270 e. The average molecular weight is 359 g/mol. The van der Waals surface area contributed by atoms with Gasteiger partial charge in [-0.05, 0) is 36.7 Å². The van der Waals surface area contributed by atoms with E-state index in [0.717, 1.165) is 25.0 Å². The van der Waals surface area contributed by atoms with E-state index in [2.05, 4.69) is 31.1 Å². The maximum atomic E-state index is 12.4. The Hall–Kier alpha value is -2.28. The topological polar surface area (TPSA) is 85.1 Å². The molecule has 1 atom stereocenters. The second kappa shape index (κ2) is 6.55. The highest BCUT2D eigenvalue weighted by molar-refractivity contribution is 7.15. The molecular formula is C18H21N3O3S. The van der Waals surface area contributed by atoms with Crippen molar-refractivity contribution in [2.45, 2.75) is 40.0 Å². The number of fused-ring (bicyclic) bond motifs is 1. The van der Waals surface area contributed by atoms with E-state index in [1.807, 2.05) is 0 Å². The number of aryl methyl sites for hydroxylation is 1. The zero-order valence-corrected chi connectivity index (χ0v) is 15.4. The van der Waals surface area contributed by atoms with Crippen LogP contribution in [0.25, 0.3) is 0 Å². The molecule has 0 aliphatic heterocycles. The molecule has 0 spiro atoms. The number of aromatic nitrogens is 1. The molecule has 132 valence electrons. The number of nitrogens with one attached hydrogen (secondary N) is 1. The standard InChI is InChI=1S/C18H21N3O3S/c1-18(2,3)12-7-8-14-15(10-12)25-17(19-14)20-16(22)11-5-4-6-13(9-11)21(23)24/h4-6,9,12H,7-8,10H2,1-3H3,(H,19,20,22)/t12-/m1/s1. The summed E-state index contributed by atoms with van der Waals surface area (Å²) in [4.78, 5) is 28.5. The fraction of sp³-hybridized carbons (Fsp3) is 0.444. The molecule has 25 heavy (non-hydrogen) atoms. The third kappa shape index (κ3) is 3.87. The summed E-state index contributed by atoms with van der Waals surface area (Å²) < 4.78 is 0. The van der Waals surface area contributed by atoms with Gasteiger partial charge in [0.25, 0.3) is 11.6 Å². The van der Waals surface area contributed by atoms with Crippen LogP contribution in [-0.2, 0) is 12.8 Å². The second-order valence-corrected chi connectivity index (χ2v) is 8.54. The second-order valence-electron chi connectivity index (χ2n) is 7.46. The van der Waals surface area contributed by atoms with Crippen molar-refractivity contribution in [3.05, 3.63) is 50.5 Å². The van der Waals surface area contributed by atoms with Crippen molar-refractivity contribution in [3.8, 4) is 0 Å². The third-order valence-corrected chi connectivity index (χ3v) is 5.74. The van der Waals surface area contributed by atoms with Gasteiger partial charge in [-0.25, -0.2) is 4.98 Å². The lowest BCUT2D eigenvalue weighted by Crippen LogP contribution is -2.26. The molecule has 1 N–H and O–H groups in total. The van der Waals surface area contributed by atoms with Crippen LogP contribution in [0, 0.1) is 21.4 Å². The lowest BCUT2D eigenvalue weighted by molar-refractivity contribution is -0.384. The van der Waals surface area contributed by atoms with Gasteiger partial charge in [0.2, 0.25) is 0 Å². The summed E-state index contributed by atoms with van der Waals surface area (Å²) in [6.07, 6.45) is 3.03. The van der Waals surface area contributed by atoms with E-state index in [-0.39, 0.29) is 22.6 Å². The summed E-state index contributed by atoms with van der Waals surface area (Å²) in [5, 5.41) is 14.2. The van der Waals surface area contributed by atoms with Crippen LogP contribution in [0.3, 0.4) is 0 Å². The zero-order valence-electron chi connectivity index (χ0n) is 14.5. The van der Waals surface area contributed by atoms with Gasteiger partial charge < -0.3 is 0 Å². The summed E-state index contributed by atoms with van der Waals surface area (Å²) in [5.41, 5.74) is 1.49. The number of carbonyl (C=O) groups is 1. The van der Waals surface area contributed by atoms with Gasteiger partial charge in [0, 0.05) is 22.6 Å². The molecule has 0 saturated heterocycles. The average Bonchev–Trinajstić information content (AvgIpc) is 2.95. The number of non-ortho nitro benzene ring substituents is 1. The molecule has 0 bridgehead atoms. The summed E-state index contributed by atoms with van der Waals surface area (Å²) >= 11 is 1.51. The molecular weight excluding hydrogens is 338 g/mol. The predicted octanol–water partition coefficient (Wildman–Crippen LogP) is 4.45. The van der Waals surface area contributed by atoms with Crippen molar-refractivity contribution in [2.24, 2.45) is 11.3 Å². The van der Waals surface area contributed by atoms with Crippen LogP contribution in [0.15, 0.2) is 24.3 Å². The number of anilines is 1. The molecule has 0 fully saturated rings. The number of thiazole rings is 1. The number of rotatable bonds is 3. The highest BCUT2D eigenvalue weighted by Crippen LogP contribution is 2.40. The monoisotopic (exact) mass is 359 g/mol. The number of hydrogen-bond acceptors (Lipinski definition) is 5. The molecule has 1 aliphatic carbocycles. The molecule has 1 aliphatic rings. The van der Waals surface area contributed by atoms with E-state index < -0.39 is 4.92 Å². The highest BCUT2D eigenvalue weighted by atomic mass is 32.1. The summed E-state index contributed by atoms with van der Waals surface area (Å²) in [6, 6.07) is 5.71. The summed E-state index contributed by atoms with van der Waals surface area (Å²) in [7, 11) is 0. The number of benzene rings is 1. The Morgan fingerprint density at radius 1 is 1.40 bits per heavy atom. The van der Waals surface area contributed by atoms with Crippen LogP contribution in [-0.4, -0.2) is 15.8 Å². The quantitative estimate of drug-likeness (QED) is 0.648. The highest BCUT2D eigenvalue weighted by Gasteiger charge is 2.30. The van der Waals surface area contributed by atoms with E-state index in [4.69, 9.17) is 0 Å². The fourth-order valence-electron chi connectivity index (χ4n) is 3.10. The van der Waals surface area contributed by atoms with Crippen LogP contribution in [0.4, 0.5) is 10.8 Å². The minimum atomic E-state index is -0.508. The van der Waals surface area contributed by atoms with Gasteiger partial charge in [-0.15, -0.1) is 11.3 Å². The van der Waals surface area contributed by atoms with Gasteiger partial charge in [-0.1, -0.05) is 26.8 Å². The molecule has 1 amide bonds. The molecule has 6 nitrogen and oxygen atoms in total. The Morgan fingerprint density at radius 3 is 2.84 bits per heavy atom. The van der Waals surface area contributed by atoms with Gasteiger partial charge in [-0.2, -0.15) is 0 Å². The van der Waals surface area contributed by atoms with Crippen molar-refractivity contribution < 1.29 is 9.72 Å². The van der Waals surface area contributed by atoms with E-state index in [9.17, 15) is 14.9 Å². The lowest BCUT2D eigenvalue weighted by Gasteiger charge is -2.33. The van der Waals surface area contributed by atoms with Crippen LogP contribution >= 0.6 is 11.3 Å².